The third-order valence-electron chi connectivity index (χ3n) is 8.69. The minimum Gasteiger partial charge on any atom is -0.366 e. The Morgan fingerprint density at radius 3 is 2.93 bits per heavy atom. The van der Waals surface area contributed by atoms with Gasteiger partial charge in [-0.15, -0.1) is 0 Å². The van der Waals surface area contributed by atoms with Crippen molar-refractivity contribution in [3.8, 4) is 0 Å². The Morgan fingerprint density at radius 2 is 2.14 bits per heavy atom. The molecule has 1 aromatic heterocycles. The summed E-state index contributed by atoms with van der Waals surface area (Å²) in [6, 6.07) is 2.34. The Labute approximate surface area is 171 Å². The van der Waals surface area contributed by atoms with Crippen molar-refractivity contribution in [1.82, 2.24) is 0 Å². The molecule has 1 spiro atoms. The van der Waals surface area contributed by atoms with Crippen molar-refractivity contribution >= 4 is 17.1 Å². The van der Waals surface area contributed by atoms with E-state index < -0.39 is 0 Å². The van der Waals surface area contributed by atoms with Crippen molar-refractivity contribution in [1.29, 1.82) is 0 Å². The van der Waals surface area contributed by atoms with Crippen LogP contribution in [0.3, 0.4) is 0 Å². The molecule has 5 aliphatic rings. The van der Waals surface area contributed by atoms with Crippen LogP contribution >= 0.6 is 11.3 Å². The number of hydrogen-bond donors (Lipinski definition) is 0. The zero-order valence-corrected chi connectivity index (χ0v) is 17.4. The average molecular weight is 393 g/mol. The number of carbonyl (C=O) groups is 1. The lowest BCUT2D eigenvalue weighted by molar-refractivity contribution is -0.114. The lowest BCUT2D eigenvalue weighted by Gasteiger charge is -2.54. The quantitative estimate of drug-likeness (QED) is 0.550. The highest BCUT2D eigenvalue weighted by molar-refractivity contribution is 7.08. The highest BCUT2D eigenvalue weighted by Gasteiger charge is 2.63. The van der Waals surface area contributed by atoms with Crippen molar-refractivity contribution in [3.63, 3.8) is 0 Å². The molecule has 1 aliphatic heterocycles. The zero-order valence-electron chi connectivity index (χ0n) is 16.6. The Kier molecular flexibility index (Phi) is 3.75. The summed E-state index contributed by atoms with van der Waals surface area (Å²) in [5.41, 5.74) is 6.24. The Morgan fingerprint density at radius 1 is 1.21 bits per heavy atom. The lowest BCUT2D eigenvalue weighted by atomic mass is 9.51. The van der Waals surface area contributed by atoms with Gasteiger partial charge in [-0.3, -0.25) is 4.79 Å². The van der Waals surface area contributed by atoms with E-state index in [4.69, 9.17) is 4.74 Å². The summed E-state index contributed by atoms with van der Waals surface area (Å²) in [6.45, 7) is 3.30. The number of hydrogen-bond acceptors (Lipinski definition) is 3. The summed E-state index contributed by atoms with van der Waals surface area (Å²) >= 11 is 1.81. The van der Waals surface area contributed by atoms with Gasteiger partial charge in [0.05, 0.1) is 12.2 Å². The molecule has 0 radical (unpaired) electrons. The molecular formula is C25H28O2S. The molecule has 2 fully saturated rings. The van der Waals surface area contributed by atoms with Crippen LogP contribution in [0.25, 0.3) is 0 Å². The first-order chi connectivity index (χ1) is 13.6. The fraction of sp³-hybridized carbons (Fsp3) is 0.560. The van der Waals surface area contributed by atoms with Crippen LogP contribution in [0.5, 0.6) is 0 Å². The first kappa shape index (κ1) is 17.4. The van der Waals surface area contributed by atoms with E-state index in [1.165, 1.54) is 36.8 Å². The summed E-state index contributed by atoms with van der Waals surface area (Å²) in [4.78, 5) is 12.1. The fourth-order valence-electron chi connectivity index (χ4n) is 7.45. The van der Waals surface area contributed by atoms with Gasteiger partial charge in [0.1, 0.15) is 0 Å². The van der Waals surface area contributed by atoms with Gasteiger partial charge in [0, 0.05) is 17.8 Å². The van der Waals surface area contributed by atoms with E-state index in [-0.39, 0.29) is 11.0 Å². The van der Waals surface area contributed by atoms with Gasteiger partial charge in [-0.05, 0) is 90.0 Å². The number of ketones is 1. The predicted octanol–water partition coefficient (Wildman–Crippen LogP) is 5.97. The van der Waals surface area contributed by atoms with Crippen LogP contribution in [0, 0.1) is 17.3 Å². The molecule has 5 atom stereocenters. The van der Waals surface area contributed by atoms with Crippen LogP contribution in [-0.2, 0) is 9.53 Å². The molecular weight excluding hydrogens is 364 g/mol. The number of ether oxygens (including phenoxy) is 1. The minimum atomic E-state index is -0.0548. The molecule has 28 heavy (non-hydrogen) atoms. The second-order valence-electron chi connectivity index (χ2n) is 9.69. The molecule has 3 heteroatoms. The number of fused-ring (bicyclic) bond motifs is 5. The van der Waals surface area contributed by atoms with Crippen molar-refractivity contribution in [3.05, 3.63) is 57.3 Å². The van der Waals surface area contributed by atoms with Crippen molar-refractivity contribution in [2.75, 3.05) is 6.61 Å². The lowest BCUT2D eigenvalue weighted by Crippen LogP contribution is -2.51. The van der Waals surface area contributed by atoms with E-state index in [1.807, 2.05) is 17.4 Å². The topological polar surface area (TPSA) is 26.3 Å². The van der Waals surface area contributed by atoms with Crippen molar-refractivity contribution < 1.29 is 9.53 Å². The van der Waals surface area contributed by atoms with Crippen molar-refractivity contribution in [2.24, 2.45) is 17.3 Å². The first-order valence-electron chi connectivity index (χ1n) is 10.9. The molecule has 2 saturated carbocycles. The van der Waals surface area contributed by atoms with Gasteiger partial charge in [-0.1, -0.05) is 24.6 Å². The molecule has 1 unspecified atom stereocenters. The highest BCUT2D eigenvalue weighted by atomic mass is 32.1. The van der Waals surface area contributed by atoms with Gasteiger partial charge < -0.3 is 4.74 Å². The molecule has 2 heterocycles. The molecule has 0 aromatic carbocycles. The molecule has 0 N–H and O–H groups in total. The second kappa shape index (κ2) is 6.03. The van der Waals surface area contributed by atoms with Gasteiger partial charge in [0.25, 0.3) is 0 Å². The monoisotopic (exact) mass is 392 g/mol. The van der Waals surface area contributed by atoms with Gasteiger partial charge in [0.2, 0.25) is 0 Å². The number of carbonyl (C=O) groups excluding carboxylic acids is 1. The van der Waals surface area contributed by atoms with Crippen LogP contribution in [0.2, 0.25) is 0 Å². The SMILES string of the molecule is C[C@]12C[C@H](c3ccsc3)C3=C4CCC(=O)C=C4CC[C@H]3[C@@H]1CCC21C=CCO1. The maximum atomic E-state index is 12.1. The summed E-state index contributed by atoms with van der Waals surface area (Å²) in [6.07, 6.45) is 14.2. The number of allylic oxidation sites excluding steroid dienone is 4. The fourth-order valence-corrected chi connectivity index (χ4v) is 8.16. The Bertz CT molecular complexity index is 920. The van der Waals surface area contributed by atoms with Crippen LogP contribution < -0.4 is 0 Å². The van der Waals surface area contributed by atoms with Crippen LogP contribution in [0.1, 0.15) is 63.4 Å². The van der Waals surface area contributed by atoms with E-state index in [2.05, 4.69) is 35.9 Å². The third kappa shape index (κ3) is 2.21. The Hall–Kier alpha value is -1.45. The number of thiophene rings is 1. The molecule has 0 amide bonds. The van der Waals surface area contributed by atoms with Gasteiger partial charge in [-0.2, -0.15) is 11.3 Å². The van der Waals surface area contributed by atoms with E-state index in [0.717, 1.165) is 19.4 Å². The minimum absolute atomic E-state index is 0.0548. The zero-order chi connectivity index (χ0) is 18.9. The van der Waals surface area contributed by atoms with Crippen LogP contribution in [0.4, 0.5) is 0 Å². The summed E-state index contributed by atoms with van der Waals surface area (Å²) in [7, 11) is 0. The smallest absolute Gasteiger partial charge is 0.156 e. The van der Waals surface area contributed by atoms with Crippen molar-refractivity contribution in [2.45, 2.75) is 63.4 Å². The third-order valence-corrected chi connectivity index (χ3v) is 9.39. The Balaban J connectivity index is 1.53. The molecule has 146 valence electrons. The molecule has 2 nitrogen and oxygen atoms in total. The van der Waals surface area contributed by atoms with E-state index >= 15 is 0 Å². The van der Waals surface area contributed by atoms with E-state index in [1.54, 1.807) is 11.1 Å². The average Bonchev–Trinajstić information content (AvgIpc) is 3.43. The number of rotatable bonds is 1. The molecule has 1 aromatic rings. The summed E-state index contributed by atoms with van der Waals surface area (Å²) in [5, 5.41) is 4.59. The maximum Gasteiger partial charge on any atom is 0.156 e. The van der Waals surface area contributed by atoms with E-state index in [9.17, 15) is 4.79 Å². The molecule has 4 aliphatic carbocycles. The van der Waals surface area contributed by atoms with Crippen LogP contribution in [0.15, 0.2) is 51.8 Å². The van der Waals surface area contributed by atoms with Gasteiger partial charge >= 0.3 is 0 Å². The molecule has 6 rings (SSSR count). The maximum absolute atomic E-state index is 12.1. The highest BCUT2D eigenvalue weighted by Crippen LogP contribution is 2.68. The standard InChI is InChI=1S/C25H28O2S/c1-24-14-21(17-8-12-28-15-17)23-19-6-4-18(26)13-16(19)3-5-20(23)22(24)7-10-25(24)9-2-11-27-25/h2,8-9,12-13,15,20-22H,3-7,10-11,14H2,1H3/t20-,21+,22-,24-,25?/m0/s1. The molecule has 0 saturated heterocycles. The summed E-state index contributed by atoms with van der Waals surface area (Å²) in [5.74, 6) is 2.17. The predicted molar refractivity (Wildman–Crippen MR) is 112 cm³/mol. The van der Waals surface area contributed by atoms with Gasteiger partial charge in [0.15, 0.2) is 5.78 Å². The molecule has 0 bridgehead atoms. The largest absolute Gasteiger partial charge is 0.366 e. The van der Waals surface area contributed by atoms with Gasteiger partial charge in [-0.25, -0.2) is 0 Å². The second-order valence-corrected chi connectivity index (χ2v) is 10.5. The summed E-state index contributed by atoms with van der Waals surface area (Å²) < 4.78 is 6.46. The normalized spacial score (nSPS) is 41.8. The van der Waals surface area contributed by atoms with E-state index in [0.29, 0.717) is 30.0 Å². The van der Waals surface area contributed by atoms with Crippen LogP contribution in [-0.4, -0.2) is 18.0 Å². The first-order valence-corrected chi connectivity index (χ1v) is 11.9.